The highest BCUT2D eigenvalue weighted by Gasteiger charge is 2.31. The largest absolute Gasteiger partial charge is 0.337 e. The van der Waals surface area contributed by atoms with E-state index in [-0.39, 0.29) is 18.0 Å². The zero-order chi connectivity index (χ0) is 14.8. The molecule has 0 bridgehead atoms. The van der Waals surface area contributed by atoms with Crippen LogP contribution in [0.1, 0.15) is 30.9 Å². The first kappa shape index (κ1) is 13.8. The number of hydrogen-bond acceptors (Lipinski definition) is 3. The molecule has 2 N–H and O–H groups in total. The Morgan fingerprint density at radius 1 is 1.29 bits per heavy atom. The summed E-state index contributed by atoms with van der Waals surface area (Å²) in [5.41, 5.74) is 8.27. The standard InChI is InChI=1S/C16H20N4O/c1-19-15(21)9-5-8-14(17)16(19)12-10-18-20(11-12)13-6-3-2-4-7-13/h2-4,6-7,10-11,14,16H,5,8-9,17H2,1H3. The third-order valence-corrected chi connectivity index (χ3v) is 4.11. The highest BCUT2D eigenvalue weighted by molar-refractivity contribution is 5.76. The second-order valence-electron chi connectivity index (χ2n) is 5.56. The molecule has 1 aromatic heterocycles. The number of hydrogen-bond donors (Lipinski definition) is 1. The lowest BCUT2D eigenvalue weighted by molar-refractivity contribution is -0.131. The monoisotopic (exact) mass is 284 g/mol. The molecule has 2 atom stereocenters. The number of amides is 1. The SMILES string of the molecule is CN1C(=O)CCCC(N)C1c1cnn(-c2ccccc2)c1. The molecule has 2 unspecified atom stereocenters. The maximum Gasteiger partial charge on any atom is 0.222 e. The number of nitrogens with two attached hydrogens (primary N) is 1. The van der Waals surface area contributed by atoms with Gasteiger partial charge in [0, 0.05) is 31.3 Å². The number of aromatic nitrogens is 2. The fourth-order valence-electron chi connectivity index (χ4n) is 2.95. The predicted octanol–water partition coefficient (Wildman–Crippen LogP) is 1.88. The van der Waals surface area contributed by atoms with Gasteiger partial charge >= 0.3 is 0 Å². The Bertz CT molecular complexity index is 622. The normalized spacial score (nSPS) is 23.1. The van der Waals surface area contributed by atoms with Gasteiger partial charge in [-0.2, -0.15) is 5.10 Å². The van der Waals surface area contributed by atoms with Crippen molar-refractivity contribution in [2.24, 2.45) is 5.73 Å². The molecule has 5 nitrogen and oxygen atoms in total. The van der Waals surface area contributed by atoms with E-state index < -0.39 is 0 Å². The number of benzene rings is 1. The predicted molar refractivity (Wildman–Crippen MR) is 80.9 cm³/mol. The highest BCUT2D eigenvalue weighted by atomic mass is 16.2. The average Bonchev–Trinajstić information content (AvgIpc) is 2.93. The number of nitrogens with zero attached hydrogens (tertiary/aromatic N) is 3. The van der Waals surface area contributed by atoms with Crippen molar-refractivity contribution in [1.82, 2.24) is 14.7 Å². The van der Waals surface area contributed by atoms with Crippen LogP contribution < -0.4 is 5.73 Å². The van der Waals surface area contributed by atoms with Gasteiger partial charge in [0.05, 0.1) is 17.9 Å². The summed E-state index contributed by atoms with van der Waals surface area (Å²) in [6.45, 7) is 0. The molecule has 110 valence electrons. The number of para-hydroxylation sites is 1. The van der Waals surface area contributed by atoms with Crippen LogP contribution >= 0.6 is 0 Å². The van der Waals surface area contributed by atoms with E-state index in [1.165, 1.54) is 0 Å². The van der Waals surface area contributed by atoms with Crippen molar-refractivity contribution in [3.63, 3.8) is 0 Å². The van der Waals surface area contributed by atoms with Crippen LogP contribution in [0.2, 0.25) is 0 Å². The molecule has 1 aliphatic rings. The summed E-state index contributed by atoms with van der Waals surface area (Å²) >= 11 is 0. The number of likely N-dealkylation sites (N-methyl/N-ethyl adjacent to an activating group) is 1. The molecule has 1 aliphatic heterocycles. The molecule has 2 aromatic rings. The van der Waals surface area contributed by atoms with Crippen molar-refractivity contribution in [3.8, 4) is 5.69 Å². The summed E-state index contributed by atoms with van der Waals surface area (Å²) in [4.78, 5) is 13.8. The van der Waals surface area contributed by atoms with Gasteiger partial charge in [0.25, 0.3) is 0 Å². The molecule has 0 radical (unpaired) electrons. The second kappa shape index (κ2) is 5.69. The van der Waals surface area contributed by atoms with Crippen molar-refractivity contribution in [3.05, 3.63) is 48.3 Å². The van der Waals surface area contributed by atoms with E-state index in [1.54, 1.807) is 4.90 Å². The van der Waals surface area contributed by atoms with E-state index in [1.807, 2.05) is 54.5 Å². The summed E-state index contributed by atoms with van der Waals surface area (Å²) in [7, 11) is 1.83. The van der Waals surface area contributed by atoms with Crippen LogP contribution in [0, 0.1) is 0 Å². The fourth-order valence-corrected chi connectivity index (χ4v) is 2.95. The van der Waals surface area contributed by atoms with E-state index >= 15 is 0 Å². The van der Waals surface area contributed by atoms with Gasteiger partial charge < -0.3 is 10.6 Å². The minimum atomic E-state index is -0.0996. The van der Waals surface area contributed by atoms with E-state index in [4.69, 9.17) is 5.73 Å². The van der Waals surface area contributed by atoms with E-state index in [2.05, 4.69) is 5.10 Å². The summed E-state index contributed by atoms with van der Waals surface area (Å²) in [6, 6.07) is 9.78. The zero-order valence-electron chi connectivity index (χ0n) is 12.1. The maximum atomic E-state index is 12.1. The van der Waals surface area contributed by atoms with Gasteiger partial charge in [0.1, 0.15) is 0 Å². The first-order valence-corrected chi connectivity index (χ1v) is 7.28. The summed E-state index contributed by atoms with van der Waals surface area (Å²) in [6.07, 6.45) is 6.07. The maximum absolute atomic E-state index is 12.1. The molecule has 3 rings (SSSR count). The topological polar surface area (TPSA) is 64.2 Å². The molecule has 0 aliphatic carbocycles. The smallest absolute Gasteiger partial charge is 0.222 e. The molecule has 0 spiro atoms. The van der Waals surface area contributed by atoms with Gasteiger partial charge in [-0.3, -0.25) is 4.79 Å². The molecule has 5 heteroatoms. The van der Waals surface area contributed by atoms with Crippen LogP contribution in [0.3, 0.4) is 0 Å². The van der Waals surface area contributed by atoms with Crippen LogP contribution in [0.15, 0.2) is 42.7 Å². The van der Waals surface area contributed by atoms with Crippen molar-refractivity contribution in [2.45, 2.75) is 31.3 Å². The summed E-state index contributed by atoms with van der Waals surface area (Å²) in [5.74, 6) is 0.153. The first-order valence-electron chi connectivity index (χ1n) is 7.28. The molecule has 1 saturated heterocycles. The first-order chi connectivity index (χ1) is 10.2. The third-order valence-electron chi connectivity index (χ3n) is 4.11. The number of rotatable bonds is 2. The zero-order valence-corrected chi connectivity index (χ0v) is 12.1. The van der Waals surface area contributed by atoms with Gasteiger partial charge in [0.2, 0.25) is 5.91 Å². The Morgan fingerprint density at radius 3 is 2.81 bits per heavy atom. The molecule has 2 heterocycles. The minimum Gasteiger partial charge on any atom is -0.337 e. The molecule has 21 heavy (non-hydrogen) atoms. The number of likely N-dealkylation sites (tertiary alicyclic amines) is 1. The number of carbonyl (C=O) groups excluding carboxylic acids is 1. The average molecular weight is 284 g/mol. The lowest BCUT2D eigenvalue weighted by Crippen LogP contribution is -2.39. The Kier molecular flexibility index (Phi) is 3.75. The van der Waals surface area contributed by atoms with Crippen molar-refractivity contribution < 1.29 is 4.79 Å². The van der Waals surface area contributed by atoms with Crippen LogP contribution in [0.4, 0.5) is 0 Å². The minimum absolute atomic E-state index is 0.0464. The van der Waals surface area contributed by atoms with E-state index in [0.29, 0.717) is 6.42 Å². The van der Waals surface area contributed by atoms with E-state index in [0.717, 1.165) is 24.1 Å². The molecular formula is C16H20N4O. The Labute approximate surface area is 124 Å². The lowest BCUT2D eigenvalue weighted by Gasteiger charge is -2.29. The highest BCUT2D eigenvalue weighted by Crippen LogP contribution is 2.29. The molecular weight excluding hydrogens is 264 g/mol. The van der Waals surface area contributed by atoms with Crippen LogP contribution in [-0.2, 0) is 4.79 Å². The second-order valence-corrected chi connectivity index (χ2v) is 5.56. The quantitative estimate of drug-likeness (QED) is 0.916. The lowest BCUT2D eigenvalue weighted by atomic mass is 9.99. The Morgan fingerprint density at radius 2 is 2.05 bits per heavy atom. The van der Waals surface area contributed by atoms with Crippen molar-refractivity contribution in [1.29, 1.82) is 0 Å². The number of carbonyl (C=O) groups is 1. The van der Waals surface area contributed by atoms with Gasteiger partial charge in [-0.15, -0.1) is 0 Å². The molecule has 1 aromatic carbocycles. The molecule has 1 amide bonds. The van der Waals surface area contributed by atoms with Crippen molar-refractivity contribution in [2.75, 3.05) is 7.05 Å². The van der Waals surface area contributed by atoms with Gasteiger partial charge in [-0.25, -0.2) is 4.68 Å². The third kappa shape index (κ3) is 2.69. The molecule has 1 fully saturated rings. The van der Waals surface area contributed by atoms with Crippen LogP contribution in [-0.4, -0.2) is 33.7 Å². The fraction of sp³-hybridized carbons (Fsp3) is 0.375. The molecule has 0 saturated carbocycles. The van der Waals surface area contributed by atoms with Crippen LogP contribution in [0.25, 0.3) is 5.69 Å². The van der Waals surface area contributed by atoms with E-state index in [9.17, 15) is 4.79 Å². The van der Waals surface area contributed by atoms with Crippen molar-refractivity contribution >= 4 is 5.91 Å². The van der Waals surface area contributed by atoms with Crippen LogP contribution in [0.5, 0.6) is 0 Å². The summed E-state index contributed by atoms with van der Waals surface area (Å²) < 4.78 is 1.82. The Balaban J connectivity index is 1.92. The summed E-state index contributed by atoms with van der Waals surface area (Å²) in [5, 5.41) is 4.41. The van der Waals surface area contributed by atoms with Gasteiger partial charge in [0.15, 0.2) is 0 Å². The Hall–Kier alpha value is -2.14. The van der Waals surface area contributed by atoms with Gasteiger partial charge in [-0.05, 0) is 25.0 Å². The van der Waals surface area contributed by atoms with Gasteiger partial charge in [-0.1, -0.05) is 18.2 Å².